The summed E-state index contributed by atoms with van der Waals surface area (Å²) in [5, 5.41) is 0. The van der Waals surface area contributed by atoms with Crippen LogP contribution in [0.25, 0.3) is 0 Å². The van der Waals surface area contributed by atoms with E-state index in [1.807, 2.05) is 0 Å². The van der Waals surface area contributed by atoms with Gasteiger partial charge in [0.05, 0.1) is 11.2 Å². The molecule has 3 aliphatic carbocycles. The second kappa shape index (κ2) is 6.04. The lowest BCUT2D eigenvalue weighted by atomic mass is 9.60. The van der Waals surface area contributed by atoms with Gasteiger partial charge in [-0.3, -0.25) is 9.59 Å². The van der Waals surface area contributed by atoms with E-state index in [4.69, 9.17) is 9.47 Å². The lowest BCUT2D eigenvalue weighted by molar-refractivity contribution is -0.170. The molecule has 0 amide bonds. The summed E-state index contributed by atoms with van der Waals surface area (Å²) in [6, 6.07) is 0.275. The summed E-state index contributed by atoms with van der Waals surface area (Å²) in [5.74, 6) is 0.612. The number of allylic oxidation sites excluding steroid dienone is 1. The second-order valence-corrected chi connectivity index (χ2v) is 10.5. The predicted octanol–water partition coefficient (Wildman–Crippen LogP) is 3.43. The maximum absolute atomic E-state index is 12.8. The van der Waals surface area contributed by atoms with Crippen LogP contribution in [0.4, 0.5) is 0 Å². The minimum atomic E-state index is -0.386. The third kappa shape index (κ3) is 2.40. The highest BCUT2D eigenvalue weighted by Gasteiger charge is 2.68. The fourth-order valence-corrected chi connectivity index (χ4v) is 7.36. The summed E-state index contributed by atoms with van der Waals surface area (Å²) in [5.41, 5.74) is 1.35. The van der Waals surface area contributed by atoms with E-state index >= 15 is 0 Å². The van der Waals surface area contributed by atoms with E-state index in [0.29, 0.717) is 12.2 Å². The Morgan fingerprint density at radius 3 is 2.76 bits per heavy atom. The van der Waals surface area contributed by atoms with Crippen molar-refractivity contribution in [2.75, 3.05) is 14.1 Å². The third-order valence-corrected chi connectivity index (χ3v) is 8.86. The molecule has 2 spiro atoms. The van der Waals surface area contributed by atoms with Gasteiger partial charge in [0, 0.05) is 42.2 Å². The van der Waals surface area contributed by atoms with Crippen molar-refractivity contribution in [1.82, 2.24) is 4.90 Å². The molecule has 2 heterocycles. The van der Waals surface area contributed by atoms with Gasteiger partial charge in [-0.05, 0) is 51.8 Å². The summed E-state index contributed by atoms with van der Waals surface area (Å²) in [4.78, 5) is 27.0. The Morgan fingerprint density at radius 2 is 2.07 bits per heavy atom. The molecule has 158 valence electrons. The average Bonchev–Trinajstić information content (AvgIpc) is 3.13. The van der Waals surface area contributed by atoms with Gasteiger partial charge in [0.25, 0.3) is 0 Å². The molecule has 7 atom stereocenters. The zero-order chi connectivity index (χ0) is 20.8. The fourth-order valence-electron chi connectivity index (χ4n) is 7.36. The number of ether oxygens (including phenoxy) is 2. The van der Waals surface area contributed by atoms with Gasteiger partial charge < -0.3 is 14.4 Å². The molecule has 3 fully saturated rings. The number of esters is 1. The smallest absolute Gasteiger partial charge is 0.303 e. The van der Waals surface area contributed by atoms with E-state index in [-0.39, 0.29) is 46.6 Å². The molecule has 2 aliphatic heterocycles. The normalized spacial score (nSPS) is 47.9. The fraction of sp³-hybridized carbons (Fsp3) is 0.750. The molecular formula is C24H33NO4. The van der Waals surface area contributed by atoms with E-state index in [9.17, 15) is 9.59 Å². The molecule has 1 saturated heterocycles. The number of nitrogens with zero attached hydrogens (tertiary/aromatic N) is 1. The van der Waals surface area contributed by atoms with Gasteiger partial charge in [0.2, 0.25) is 0 Å². The Kier molecular flexibility index (Phi) is 4.06. The van der Waals surface area contributed by atoms with E-state index in [0.717, 1.165) is 37.7 Å². The molecule has 2 saturated carbocycles. The van der Waals surface area contributed by atoms with Crippen LogP contribution in [0, 0.1) is 17.3 Å². The molecule has 5 heteroatoms. The van der Waals surface area contributed by atoms with Crippen LogP contribution in [0.3, 0.4) is 0 Å². The molecule has 5 rings (SSSR count). The van der Waals surface area contributed by atoms with Crippen LogP contribution in [0.5, 0.6) is 0 Å². The van der Waals surface area contributed by atoms with Gasteiger partial charge in [0.15, 0.2) is 0 Å². The first-order chi connectivity index (χ1) is 13.6. The lowest BCUT2D eigenvalue weighted by Gasteiger charge is -2.55. The Labute approximate surface area is 173 Å². The molecule has 0 aromatic rings. The van der Waals surface area contributed by atoms with E-state index in [1.165, 1.54) is 12.5 Å². The molecule has 0 aromatic carbocycles. The minimum Gasteiger partial charge on any atom is -0.458 e. The van der Waals surface area contributed by atoms with Crippen molar-refractivity contribution in [3.8, 4) is 0 Å². The zero-order valence-electron chi connectivity index (χ0n) is 18.3. The summed E-state index contributed by atoms with van der Waals surface area (Å²) in [6.07, 6.45) is 9.48. The van der Waals surface area contributed by atoms with Crippen LogP contribution in [0.15, 0.2) is 23.3 Å². The number of Topliss-reactive ketones (excluding diaryl/α,β-unsaturated/α-hetero) is 1. The van der Waals surface area contributed by atoms with Gasteiger partial charge in [-0.1, -0.05) is 26.0 Å². The Morgan fingerprint density at radius 1 is 1.31 bits per heavy atom. The molecule has 0 N–H and O–H groups in total. The minimum absolute atomic E-state index is 0.199. The quantitative estimate of drug-likeness (QED) is 0.666. The van der Waals surface area contributed by atoms with Crippen molar-refractivity contribution in [2.45, 2.75) is 82.6 Å². The Balaban J connectivity index is 1.64. The summed E-state index contributed by atoms with van der Waals surface area (Å²) < 4.78 is 13.0. The number of rotatable bonds is 2. The van der Waals surface area contributed by atoms with Gasteiger partial charge in [0.1, 0.15) is 11.9 Å². The molecule has 1 unspecified atom stereocenters. The van der Waals surface area contributed by atoms with Gasteiger partial charge >= 0.3 is 5.97 Å². The number of ketones is 1. The van der Waals surface area contributed by atoms with E-state index in [1.54, 1.807) is 0 Å². The zero-order valence-corrected chi connectivity index (χ0v) is 18.3. The Bertz CT molecular complexity index is 844. The molecule has 5 nitrogen and oxygen atoms in total. The molecule has 29 heavy (non-hydrogen) atoms. The number of fused-ring (bicyclic) bond motifs is 1. The standard InChI is InChI=1S/C24H33NO4/c1-14-18(25(4)5)13-23-10-11-24(29-23)16(12-17(23)21(14)28-15(2)26)8-9-22(3)19(24)6-7-20(22)27/h8,12,14,18-19,21H,6-7,9-11,13H2,1-5H3/t14-,18+,19-,21+,22+,23?,24-/m1/s1. The first kappa shape index (κ1) is 19.5. The molecule has 2 bridgehead atoms. The summed E-state index contributed by atoms with van der Waals surface area (Å²) >= 11 is 0. The monoisotopic (exact) mass is 399 g/mol. The number of carbonyl (C=O) groups excluding carboxylic acids is 2. The topological polar surface area (TPSA) is 55.8 Å². The Hall–Kier alpha value is -1.46. The predicted molar refractivity (Wildman–Crippen MR) is 109 cm³/mol. The van der Waals surface area contributed by atoms with Crippen molar-refractivity contribution in [2.24, 2.45) is 17.3 Å². The van der Waals surface area contributed by atoms with Crippen LogP contribution >= 0.6 is 0 Å². The summed E-state index contributed by atoms with van der Waals surface area (Å²) in [7, 11) is 4.20. The van der Waals surface area contributed by atoms with Crippen molar-refractivity contribution < 1.29 is 19.1 Å². The van der Waals surface area contributed by atoms with Crippen molar-refractivity contribution >= 4 is 11.8 Å². The van der Waals surface area contributed by atoms with Crippen LogP contribution in [-0.4, -0.2) is 54.1 Å². The van der Waals surface area contributed by atoms with Crippen LogP contribution < -0.4 is 0 Å². The second-order valence-electron chi connectivity index (χ2n) is 10.5. The van der Waals surface area contributed by atoms with E-state index < -0.39 is 0 Å². The van der Waals surface area contributed by atoms with Gasteiger partial charge in [-0.25, -0.2) is 0 Å². The van der Waals surface area contributed by atoms with Crippen molar-refractivity contribution in [1.29, 1.82) is 0 Å². The third-order valence-electron chi connectivity index (χ3n) is 8.86. The van der Waals surface area contributed by atoms with Crippen LogP contribution in [0.2, 0.25) is 0 Å². The lowest BCUT2D eigenvalue weighted by Crippen LogP contribution is -2.60. The van der Waals surface area contributed by atoms with Gasteiger partial charge in [-0.15, -0.1) is 0 Å². The summed E-state index contributed by atoms with van der Waals surface area (Å²) in [6.45, 7) is 5.83. The SMILES string of the molecule is CC(=O)O[C@@H]1C2=CC3=CC[C@]4(C)C(=O)CC[C@H]4[C@@]34CCC2(C[C@H](N(C)C)[C@H]1C)O4. The number of carbonyl (C=O) groups is 2. The molecule has 0 radical (unpaired) electrons. The van der Waals surface area contributed by atoms with Crippen LogP contribution in [0.1, 0.15) is 59.3 Å². The van der Waals surface area contributed by atoms with E-state index in [2.05, 4.69) is 45.0 Å². The van der Waals surface area contributed by atoms with Crippen molar-refractivity contribution in [3.63, 3.8) is 0 Å². The number of hydrogen-bond donors (Lipinski definition) is 0. The first-order valence-electron chi connectivity index (χ1n) is 11.1. The molecule has 5 aliphatic rings. The first-order valence-corrected chi connectivity index (χ1v) is 11.1. The number of hydrogen-bond acceptors (Lipinski definition) is 5. The molecule has 0 aromatic heterocycles. The highest BCUT2D eigenvalue weighted by atomic mass is 16.6. The average molecular weight is 400 g/mol. The maximum Gasteiger partial charge on any atom is 0.303 e. The van der Waals surface area contributed by atoms with Crippen molar-refractivity contribution in [3.05, 3.63) is 23.3 Å². The highest BCUT2D eigenvalue weighted by Crippen LogP contribution is 2.66. The molecular weight excluding hydrogens is 366 g/mol. The van der Waals surface area contributed by atoms with Crippen LogP contribution in [-0.2, 0) is 19.1 Å². The highest BCUT2D eigenvalue weighted by molar-refractivity contribution is 5.88. The maximum atomic E-state index is 12.8. The largest absolute Gasteiger partial charge is 0.458 e. The van der Waals surface area contributed by atoms with Gasteiger partial charge in [-0.2, -0.15) is 0 Å².